The number of hydrogen-bond donors (Lipinski definition) is 1. The van der Waals surface area contributed by atoms with Crippen LogP contribution in [0.3, 0.4) is 0 Å². The lowest BCUT2D eigenvalue weighted by Crippen LogP contribution is -2.44. The van der Waals surface area contributed by atoms with E-state index in [4.69, 9.17) is 19.2 Å². The number of methoxy groups -OCH3 is 1. The molecule has 0 aliphatic carbocycles. The SMILES string of the molecule is CCCOc1ccc(S(=O)(=O)N(CCOC)CCN2CCOCC2)cc1-c1nc2c(CCC)nn(C)c2c(=O)[nH]1. The summed E-state index contributed by atoms with van der Waals surface area (Å²) in [5, 5.41) is 4.49. The summed E-state index contributed by atoms with van der Waals surface area (Å²) in [4.78, 5) is 23.0. The first-order chi connectivity index (χ1) is 19.3. The van der Waals surface area contributed by atoms with Gasteiger partial charge in [-0.2, -0.15) is 9.40 Å². The lowest BCUT2D eigenvalue weighted by Gasteiger charge is -2.29. The molecule has 1 fully saturated rings. The highest BCUT2D eigenvalue weighted by Crippen LogP contribution is 2.32. The van der Waals surface area contributed by atoms with Crippen molar-refractivity contribution in [3.05, 3.63) is 34.2 Å². The Bertz CT molecular complexity index is 1450. The number of aryl methyl sites for hydroxylation is 2. The first-order valence-electron chi connectivity index (χ1n) is 13.8. The third-order valence-electron chi connectivity index (χ3n) is 6.87. The highest BCUT2D eigenvalue weighted by Gasteiger charge is 2.27. The number of H-pyrrole nitrogens is 1. The van der Waals surface area contributed by atoms with Gasteiger partial charge in [0.15, 0.2) is 5.52 Å². The van der Waals surface area contributed by atoms with Crippen LogP contribution in [0.4, 0.5) is 0 Å². The minimum Gasteiger partial charge on any atom is -0.493 e. The van der Waals surface area contributed by atoms with Crippen molar-refractivity contribution < 1.29 is 22.6 Å². The Morgan fingerprint density at radius 1 is 1.12 bits per heavy atom. The highest BCUT2D eigenvalue weighted by atomic mass is 32.2. The molecule has 1 aromatic carbocycles. The van der Waals surface area contributed by atoms with Gasteiger partial charge in [0.2, 0.25) is 10.0 Å². The maximum absolute atomic E-state index is 13.9. The molecule has 220 valence electrons. The fourth-order valence-electron chi connectivity index (χ4n) is 4.74. The van der Waals surface area contributed by atoms with Crippen molar-refractivity contribution in [3.63, 3.8) is 0 Å². The first-order valence-corrected chi connectivity index (χ1v) is 15.3. The number of fused-ring (bicyclic) bond motifs is 1. The molecule has 12 nitrogen and oxygen atoms in total. The number of morpholine rings is 1. The van der Waals surface area contributed by atoms with Gasteiger partial charge in [-0.15, -0.1) is 0 Å². The van der Waals surface area contributed by atoms with E-state index in [1.165, 1.54) is 15.1 Å². The standard InChI is InChI=1S/C27H40N6O6S/c1-5-7-22-24-25(31(3)30-22)27(34)29-26(28-24)21-19-20(8-9-23(21)39-15-6-2)40(35,36)33(14-16-37-4)11-10-32-12-17-38-18-13-32/h8-9,19H,5-7,10-18H2,1-4H3,(H,28,29,34). The summed E-state index contributed by atoms with van der Waals surface area (Å²) >= 11 is 0. The second kappa shape index (κ2) is 13.7. The van der Waals surface area contributed by atoms with Crippen LogP contribution in [-0.2, 0) is 33.0 Å². The Labute approximate surface area is 235 Å². The van der Waals surface area contributed by atoms with E-state index in [9.17, 15) is 13.2 Å². The van der Waals surface area contributed by atoms with Crippen LogP contribution in [0.25, 0.3) is 22.4 Å². The molecule has 1 aliphatic heterocycles. The van der Waals surface area contributed by atoms with Gasteiger partial charge in [0.25, 0.3) is 5.56 Å². The number of ether oxygens (including phenoxy) is 3. The number of nitrogens with one attached hydrogen (secondary N) is 1. The largest absolute Gasteiger partial charge is 0.493 e. The monoisotopic (exact) mass is 576 g/mol. The zero-order valence-corrected chi connectivity index (χ0v) is 24.6. The van der Waals surface area contributed by atoms with E-state index < -0.39 is 10.0 Å². The summed E-state index contributed by atoms with van der Waals surface area (Å²) in [6.07, 6.45) is 2.27. The normalized spacial score (nSPS) is 14.8. The molecule has 4 rings (SSSR count). The van der Waals surface area contributed by atoms with E-state index in [0.717, 1.165) is 31.6 Å². The zero-order valence-electron chi connectivity index (χ0n) is 23.8. The number of nitrogens with zero attached hydrogens (tertiary/aromatic N) is 5. The fourth-order valence-corrected chi connectivity index (χ4v) is 6.19. The van der Waals surface area contributed by atoms with Gasteiger partial charge >= 0.3 is 0 Å². The van der Waals surface area contributed by atoms with Crippen molar-refractivity contribution in [1.29, 1.82) is 0 Å². The summed E-state index contributed by atoms with van der Waals surface area (Å²) in [6.45, 7) is 8.63. The Morgan fingerprint density at radius 3 is 2.60 bits per heavy atom. The van der Waals surface area contributed by atoms with E-state index in [1.54, 1.807) is 26.3 Å². The van der Waals surface area contributed by atoms with Gasteiger partial charge in [0.05, 0.1) is 42.6 Å². The molecule has 0 bridgehead atoms. The van der Waals surface area contributed by atoms with E-state index in [0.29, 0.717) is 61.7 Å². The smallest absolute Gasteiger partial charge is 0.277 e. The Kier molecular flexibility index (Phi) is 10.3. The minimum absolute atomic E-state index is 0.0899. The van der Waals surface area contributed by atoms with Gasteiger partial charge in [-0.25, -0.2) is 13.4 Å². The first kappa shape index (κ1) is 30.1. The predicted octanol–water partition coefficient (Wildman–Crippen LogP) is 2.03. The molecule has 0 unspecified atom stereocenters. The Balaban J connectivity index is 1.76. The van der Waals surface area contributed by atoms with Crippen LogP contribution in [0.15, 0.2) is 27.9 Å². The predicted molar refractivity (Wildman–Crippen MR) is 152 cm³/mol. The zero-order chi connectivity index (χ0) is 28.7. The van der Waals surface area contributed by atoms with Gasteiger partial charge in [-0.05, 0) is 31.0 Å². The van der Waals surface area contributed by atoms with Crippen molar-refractivity contribution in [3.8, 4) is 17.1 Å². The van der Waals surface area contributed by atoms with Crippen molar-refractivity contribution in [1.82, 2.24) is 29.0 Å². The van der Waals surface area contributed by atoms with Crippen molar-refractivity contribution in [2.24, 2.45) is 7.05 Å². The number of aromatic nitrogens is 4. The second-order valence-electron chi connectivity index (χ2n) is 9.79. The van der Waals surface area contributed by atoms with Crippen LogP contribution in [-0.4, -0.2) is 104 Å². The summed E-state index contributed by atoms with van der Waals surface area (Å²) in [5.74, 6) is 0.684. The Hall–Kier alpha value is -2.84. The highest BCUT2D eigenvalue weighted by molar-refractivity contribution is 7.89. The Morgan fingerprint density at radius 2 is 1.90 bits per heavy atom. The molecule has 0 amide bonds. The van der Waals surface area contributed by atoms with Crippen LogP contribution in [0.2, 0.25) is 0 Å². The molecule has 2 aromatic heterocycles. The number of hydrogen-bond acceptors (Lipinski definition) is 9. The molecule has 0 spiro atoms. The van der Waals surface area contributed by atoms with Crippen LogP contribution in [0.5, 0.6) is 5.75 Å². The number of benzene rings is 1. The molecule has 40 heavy (non-hydrogen) atoms. The topological polar surface area (TPSA) is 132 Å². The molecule has 0 atom stereocenters. The van der Waals surface area contributed by atoms with Crippen molar-refractivity contribution in [2.45, 2.75) is 38.0 Å². The molecule has 1 saturated heterocycles. The molecule has 0 radical (unpaired) electrons. The molecule has 13 heteroatoms. The van der Waals surface area contributed by atoms with Crippen molar-refractivity contribution in [2.75, 3.05) is 66.3 Å². The average molecular weight is 577 g/mol. The minimum atomic E-state index is -3.90. The number of rotatable bonds is 14. The lowest BCUT2D eigenvalue weighted by atomic mass is 10.1. The van der Waals surface area contributed by atoms with Crippen LogP contribution in [0.1, 0.15) is 32.4 Å². The third-order valence-corrected chi connectivity index (χ3v) is 8.76. The maximum atomic E-state index is 13.9. The summed E-state index contributed by atoms with van der Waals surface area (Å²) < 4.78 is 47.4. The van der Waals surface area contributed by atoms with Gasteiger partial charge in [0.1, 0.15) is 17.1 Å². The van der Waals surface area contributed by atoms with Gasteiger partial charge < -0.3 is 19.2 Å². The van der Waals surface area contributed by atoms with Crippen LogP contribution in [0, 0.1) is 0 Å². The third kappa shape index (κ3) is 6.72. The average Bonchev–Trinajstić information content (AvgIpc) is 3.27. The molecular weight excluding hydrogens is 536 g/mol. The fraction of sp³-hybridized carbons (Fsp3) is 0.593. The summed E-state index contributed by atoms with van der Waals surface area (Å²) in [6, 6.07) is 4.71. The molecule has 3 heterocycles. The number of aromatic amines is 1. The van der Waals surface area contributed by atoms with E-state index >= 15 is 0 Å². The van der Waals surface area contributed by atoms with E-state index in [1.807, 2.05) is 13.8 Å². The van der Waals surface area contributed by atoms with E-state index in [-0.39, 0.29) is 29.4 Å². The molecule has 0 saturated carbocycles. The maximum Gasteiger partial charge on any atom is 0.277 e. The second-order valence-corrected chi connectivity index (χ2v) is 11.7. The van der Waals surface area contributed by atoms with Gasteiger partial charge in [-0.3, -0.25) is 14.4 Å². The summed E-state index contributed by atoms with van der Waals surface area (Å²) in [7, 11) is -0.639. The van der Waals surface area contributed by atoms with Crippen molar-refractivity contribution >= 4 is 21.1 Å². The summed E-state index contributed by atoms with van der Waals surface area (Å²) in [5.41, 5.74) is 1.66. The lowest BCUT2D eigenvalue weighted by molar-refractivity contribution is 0.0357. The van der Waals surface area contributed by atoms with Gasteiger partial charge in [0, 0.05) is 46.9 Å². The van der Waals surface area contributed by atoms with Gasteiger partial charge in [-0.1, -0.05) is 20.3 Å². The molecule has 1 aliphatic rings. The van der Waals surface area contributed by atoms with E-state index in [2.05, 4.69) is 15.0 Å². The molecular formula is C27H40N6O6S. The molecule has 3 aromatic rings. The number of sulfonamides is 1. The quantitative estimate of drug-likeness (QED) is 0.306. The molecule has 1 N–H and O–H groups in total. The van der Waals surface area contributed by atoms with Crippen LogP contribution < -0.4 is 10.3 Å². The van der Waals surface area contributed by atoms with Crippen LogP contribution >= 0.6 is 0 Å².